The zero-order valence-corrected chi connectivity index (χ0v) is 13.8. The van der Waals surface area contributed by atoms with E-state index in [1.807, 2.05) is 12.1 Å². The summed E-state index contributed by atoms with van der Waals surface area (Å²) in [7, 11) is 0. The first-order valence-corrected chi connectivity index (χ1v) is 7.70. The van der Waals surface area contributed by atoms with Gasteiger partial charge in [0.15, 0.2) is 0 Å². The molecule has 0 bridgehead atoms. The quantitative estimate of drug-likeness (QED) is 0.843. The molecule has 0 fully saturated rings. The highest BCUT2D eigenvalue weighted by molar-refractivity contribution is 9.10. The van der Waals surface area contributed by atoms with Crippen molar-refractivity contribution < 1.29 is 9.13 Å². The fourth-order valence-electron chi connectivity index (χ4n) is 2.14. The average Bonchev–Trinajstić information content (AvgIpc) is 2.47. The Labute approximate surface area is 133 Å². The van der Waals surface area contributed by atoms with Gasteiger partial charge in [0.25, 0.3) is 0 Å². The largest absolute Gasteiger partial charge is 0.489 e. The molecule has 0 saturated heterocycles. The van der Waals surface area contributed by atoms with Crippen molar-refractivity contribution in [2.45, 2.75) is 32.9 Å². The Hall–Kier alpha value is -1.39. The zero-order chi connectivity index (χ0) is 15.4. The molecule has 0 aliphatic heterocycles. The molecular weight excluding hydrogens is 333 g/mol. The minimum Gasteiger partial charge on any atom is -0.489 e. The van der Waals surface area contributed by atoms with Crippen molar-refractivity contribution >= 4 is 15.9 Å². The van der Waals surface area contributed by atoms with Crippen molar-refractivity contribution in [3.63, 3.8) is 0 Å². The normalized spacial score (nSPS) is 11.0. The van der Waals surface area contributed by atoms with Crippen LogP contribution in [0.1, 0.15) is 36.5 Å². The van der Waals surface area contributed by atoms with Crippen LogP contribution in [-0.2, 0) is 13.2 Å². The summed E-state index contributed by atoms with van der Waals surface area (Å²) < 4.78 is 20.3. The van der Waals surface area contributed by atoms with Crippen LogP contribution in [0.5, 0.6) is 5.75 Å². The summed E-state index contributed by atoms with van der Waals surface area (Å²) in [5.41, 5.74) is 8.09. The molecule has 2 aromatic rings. The number of halogens is 2. The first kappa shape index (κ1) is 16.0. The molecule has 21 heavy (non-hydrogen) atoms. The van der Waals surface area contributed by atoms with E-state index < -0.39 is 0 Å². The Morgan fingerprint density at radius 3 is 2.62 bits per heavy atom. The summed E-state index contributed by atoms with van der Waals surface area (Å²) in [4.78, 5) is 0. The number of benzene rings is 2. The van der Waals surface area contributed by atoms with Gasteiger partial charge in [0, 0.05) is 16.6 Å². The SMILES string of the molecule is CC(C)c1cc(Br)ccc1OCc1ccc(F)c(CN)c1. The predicted octanol–water partition coefficient (Wildman–Crippen LogP) is 4.75. The van der Waals surface area contributed by atoms with Crippen LogP contribution in [0.3, 0.4) is 0 Å². The van der Waals surface area contributed by atoms with Gasteiger partial charge in [-0.05, 0) is 47.4 Å². The Morgan fingerprint density at radius 2 is 1.95 bits per heavy atom. The highest BCUT2D eigenvalue weighted by atomic mass is 79.9. The van der Waals surface area contributed by atoms with Gasteiger partial charge in [-0.25, -0.2) is 4.39 Å². The summed E-state index contributed by atoms with van der Waals surface area (Å²) in [5.74, 6) is 0.949. The van der Waals surface area contributed by atoms with E-state index >= 15 is 0 Å². The van der Waals surface area contributed by atoms with Crippen LogP contribution >= 0.6 is 15.9 Å². The molecule has 2 nitrogen and oxygen atoms in total. The van der Waals surface area contributed by atoms with E-state index in [0.717, 1.165) is 21.3 Å². The van der Waals surface area contributed by atoms with E-state index in [0.29, 0.717) is 18.1 Å². The molecule has 2 rings (SSSR count). The van der Waals surface area contributed by atoms with Crippen LogP contribution in [-0.4, -0.2) is 0 Å². The molecule has 2 aromatic carbocycles. The van der Waals surface area contributed by atoms with Crippen molar-refractivity contribution in [1.82, 2.24) is 0 Å². The standard InChI is InChI=1S/C17H19BrFNO/c1-11(2)15-8-14(18)4-6-17(15)21-10-12-3-5-16(19)13(7-12)9-20/h3-8,11H,9-10,20H2,1-2H3. The van der Waals surface area contributed by atoms with Gasteiger partial charge in [-0.15, -0.1) is 0 Å². The smallest absolute Gasteiger partial charge is 0.127 e. The number of hydrogen-bond acceptors (Lipinski definition) is 2. The minimum absolute atomic E-state index is 0.190. The van der Waals surface area contributed by atoms with E-state index in [2.05, 4.69) is 35.8 Å². The number of rotatable bonds is 5. The van der Waals surface area contributed by atoms with E-state index in [9.17, 15) is 4.39 Å². The van der Waals surface area contributed by atoms with Crippen LogP contribution < -0.4 is 10.5 Å². The lowest BCUT2D eigenvalue weighted by molar-refractivity contribution is 0.301. The average molecular weight is 352 g/mol. The lowest BCUT2D eigenvalue weighted by Gasteiger charge is -2.15. The third-order valence-electron chi connectivity index (χ3n) is 3.32. The van der Waals surface area contributed by atoms with Crippen molar-refractivity contribution in [2.24, 2.45) is 5.73 Å². The van der Waals surface area contributed by atoms with Gasteiger partial charge < -0.3 is 10.5 Å². The third kappa shape index (κ3) is 4.05. The van der Waals surface area contributed by atoms with Gasteiger partial charge in [-0.2, -0.15) is 0 Å². The second-order valence-electron chi connectivity index (χ2n) is 5.26. The van der Waals surface area contributed by atoms with Crippen molar-refractivity contribution in [3.8, 4) is 5.75 Å². The van der Waals surface area contributed by atoms with Gasteiger partial charge in [0.2, 0.25) is 0 Å². The van der Waals surface area contributed by atoms with Gasteiger partial charge in [0.1, 0.15) is 18.2 Å². The van der Waals surface area contributed by atoms with Crippen LogP contribution in [0.2, 0.25) is 0 Å². The molecule has 0 saturated carbocycles. The van der Waals surface area contributed by atoms with E-state index in [4.69, 9.17) is 10.5 Å². The summed E-state index contributed by atoms with van der Waals surface area (Å²) in [6.07, 6.45) is 0. The molecule has 0 heterocycles. The van der Waals surface area contributed by atoms with E-state index in [1.54, 1.807) is 12.1 Å². The lowest BCUT2D eigenvalue weighted by Crippen LogP contribution is -2.04. The number of nitrogens with two attached hydrogens (primary N) is 1. The Balaban J connectivity index is 2.16. The Bertz CT molecular complexity index is 628. The molecule has 0 atom stereocenters. The monoisotopic (exact) mass is 351 g/mol. The molecule has 0 aromatic heterocycles. The van der Waals surface area contributed by atoms with Gasteiger partial charge >= 0.3 is 0 Å². The van der Waals surface area contributed by atoms with Crippen LogP contribution in [0.4, 0.5) is 4.39 Å². The number of ether oxygens (including phenoxy) is 1. The topological polar surface area (TPSA) is 35.2 Å². The molecule has 2 N–H and O–H groups in total. The maximum atomic E-state index is 13.4. The molecule has 0 spiro atoms. The third-order valence-corrected chi connectivity index (χ3v) is 3.81. The first-order chi connectivity index (χ1) is 10.0. The number of hydrogen-bond donors (Lipinski definition) is 1. The van der Waals surface area contributed by atoms with Crippen molar-refractivity contribution in [2.75, 3.05) is 0 Å². The van der Waals surface area contributed by atoms with Crippen LogP contribution in [0.25, 0.3) is 0 Å². The second kappa shape index (κ2) is 7.05. The summed E-state index contributed by atoms with van der Waals surface area (Å²) in [5, 5.41) is 0. The molecule has 0 amide bonds. The molecule has 112 valence electrons. The van der Waals surface area contributed by atoms with Gasteiger partial charge in [-0.1, -0.05) is 35.8 Å². The maximum Gasteiger partial charge on any atom is 0.127 e. The molecule has 0 aliphatic carbocycles. The molecule has 0 unspecified atom stereocenters. The Morgan fingerprint density at radius 1 is 1.19 bits per heavy atom. The van der Waals surface area contributed by atoms with Crippen molar-refractivity contribution in [3.05, 3.63) is 63.4 Å². The highest BCUT2D eigenvalue weighted by Gasteiger charge is 2.09. The van der Waals surface area contributed by atoms with E-state index in [1.165, 1.54) is 6.07 Å². The van der Waals surface area contributed by atoms with E-state index in [-0.39, 0.29) is 12.4 Å². The molecule has 4 heteroatoms. The van der Waals surface area contributed by atoms with Gasteiger partial charge in [-0.3, -0.25) is 0 Å². The predicted molar refractivity (Wildman–Crippen MR) is 86.9 cm³/mol. The first-order valence-electron chi connectivity index (χ1n) is 6.91. The lowest BCUT2D eigenvalue weighted by atomic mass is 10.0. The Kier molecular flexibility index (Phi) is 5.37. The maximum absolute atomic E-state index is 13.4. The second-order valence-corrected chi connectivity index (χ2v) is 6.17. The fourth-order valence-corrected chi connectivity index (χ4v) is 2.52. The zero-order valence-electron chi connectivity index (χ0n) is 12.2. The van der Waals surface area contributed by atoms with Gasteiger partial charge in [0.05, 0.1) is 0 Å². The summed E-state index contributed by atoms with van der Waals surface area (Å²) >= 11 is 3.48. The van der Waals surface area contributed by atoms with Crippen molar-refractivity contribution in [1.29, 1.82) is 0 Å². The minimum atomic E-state index is -0.271. The summed E-state index contributed by atoms with van der Waals surface area (Å²) in [6.45, 7) is 4.84. The van der Waals surface area contributed by atoms with Crippen LogP contribution in [0.15, 0.2) is 40.9 Å². The molecular formula is C17H19BrFNO. The summed E-state index contributed by atoms with van der Waals surface area (Å²) in [6, 6.07) is 10.9. The highest BCUT2D eigenvalue weighted by Crippen LogP contribution is 2.30. The fraction of sp³-hybridized carbons (Fsp3) is 0.294. The molecule has 0 radical (unpaired) electrons. The molecule has 0 aliphatic rings. The van der Waals surface area contributed by atoms with Crippen LogP contribution in [0, 0.1) is 5.82 Å².